The van der Waals surface area contributed by atoms with E-state index in [9.17, 15) is 4.79 Å². The van der Waals surface area contributed by atoms with Crippen molar-refractivity contribution in [2.45, 2.75) is 32.6 Å². The summed E-state index contributed by atoms with van der Waals surface area (Å²) >= 11 is 5.21. The van der Waals surface area contributed by atoms with Crippen molar-refractivity contribution in [3.05, 3.63) is 20.8 Å². The van der Waals surface area contributed by atoms with Crippen molar-refractivity contribution < 1.29 is 4.79 Å². The standard InChI is InChI=1S/C10H13BrOS/c1-8(12)4-2-3-5-9-6-7-10(11)13-9/h6-7H,2-5H2,1H3. The van der Waals surface area contributed by atoms with E-state index in [0.717, 1.165) is 25.7 Å². The molecule has 0 radical (unpaired) electrons. The van der Waals surface area contributed by atoms with Crippen LogP contribution in [-0.4, -0.2) is 5.78 Å². The van der Waals surface area contributed by atoms with E-state index in [0.29, 0.717) is 5.78 Å². The van der Waals surface area contributed by atoms with E-state index in [1.165, 1.54) is 8.66 Å². The minimum atomic E-state index is 0.298. The molecule has 1 aromatic rings. The van der Waals surface area contributed by atoms with Gasteiger partial charge in [-0.1, -0.05) is 0 Å². The molecule has 0 saturated heterocycles. The fourth-order valence-corrected chi connectivity index (χ4v) is 2.68. The molecule has 0 aliphatic carbocycles. The third-order valence-corrected chi connectivity index (χ3v) is 3.51. The number of aryl methyl sites for hydroxylation is 1. The zero-order chi connectivity index (χ0) is 9.68. The Kier molecular flexibility index (Phi) is 4.67. The lowest BCUT2D eigenvalue weighted by atomic mass is 10.1. The highest BCUT2D eigenvalue weighted by Crippen LogP contribution is 2.23. The molecule has 0 bridgehead atoms. The molecule has 1 nitrogen and oxygen atoms in total. The van der Waals surface area contributed by atoms with Crippen molar-refractivity contribution in [1.29, 1.82) is 0 Å². The van der Waals surface area contributed by atoms with Crippen molar-refractivity contribution in [1.82, 2.24) is 0 Å². The van der Waals surface area contributed by atoms with Gasteiger partial charge in [-0.2, -0.15) is 0 Å². The number of hydrogen-bond donors (Lipinski definition) is 0. The Morgan fingerprint density at radius 1 is 1.46 bits per heavy atom. The third-order valence-electron chi connectivity index (χ3n) is 1.83. The van der Waals surface area contributed by atoms with Crippen LogP contribution in [0.4, 0.5) is 0 Å². The second-order valence-electron chi connectivity index (χ2n) is 3.11. The van der Waals surface area contributed by atoms with Gasteiger partial charge in [-0.05, 0) is 54.2 Å². The van der Waals surface area contributed by atoms with Crippen LogP contribution in [0, 0.1) is 0 Å². The largest absolute Gasteiger partial charge is 0.300 e. The molecule has 1 aromatic heterocycles. The zero-order valence-corrected chi connectivity index (χ0v) is 10.1. The van der Waals surface area contributed by atoms with Crippen LogP contribution in [0.15, 0.2) is 15.9 Å². The number of ketones is 1. The van der Waals surface area contributed by atoms with Gasteiger partial charge in [-0.3, -0.25) is 0 Å². The van der Waals surface area contributed by atoms with Gasteiger partial charge in [0.05, 0.1) is 3.79 Å². The Morgan fingerprint density at radius 3 is 2.77 bits per heavy atom. The van der Waals surface area contributed by atoms with E-state index in [1.54, 1.807) is 18.3 Å². The number of unbranched alkanes of at least 4 members (excludes halogenated alkanes) is 1. The Labute approximate surface area is 91.3 Å². The van der Waals surface area contributed by atoms with Gasteiger partial charge >= 0.3 is 0 Å². The third kappa shape index (κ3) is 4.58. The summed E-state index contributed by atoms with van der Waals surface area (Å²) < 4.78 is 1.19. The van der Waals surface area contributed by atoms with Crippen LogP contribution in [0.3, 0.4) is 0 Å². The van der Waals surface area contributed by atoms with Gasteiger partial charge < -0.3 is 4.79 Å². The summed E-state index contributed by atoms with van der Waals surface area (Å²) in [5, 5.41) is 0. The molecule has 1 rings (SSSR count). The van der Waals surface area contributed by atoms with Crippen molar-refractivity contribution in [3.63, 3.8) is 0 Å². The molecule has 0 fully saturated rings. The fraction of sp³-hybridized carbons (Fsp3) is 0.500. The van der Waals surface area contributed by atoms with Crippen molar-refractivity contribution in [2.24, 2.45) is 0 Å². The highest BCUT2D eigenvalue weighted by atomic mass is 79.9. The summed E-state index contributed by atoms with van der Waals surface area (Å²) in [5.74, 6) is 0.298. The highest BCUT2D eigenvalue weighted by Gasteiger charge is 1.98. The predicted octanol–water partition coefficient (Wildman–Crippen LogP) is 3.81. The van der Waals surface area contributed by atoms with Gasteiger partial charge in [0.15, 0.2) is 0 Å². The van der Waals surface area contributed by atoms with Crippen LogP contribution < -0.4 is 0 Å². The van der Waals surface area contributed by atoms with Crippen LogP contribution >= 0.6 is 27.3 Å². The van der Waals surface area contributed by atoms with E-state index < -0.39 is 0 Å². The molecule has 0 amide bonds. The monoisotopic (exact) mass is 260 g/mol. The molecule has 0 aromatic carbocycles. The second-order valence-corrected chi connectivity index (χ2v) is 5.66. The number of rotatable bonds is 5. The lowest BCUT2D eigenvalue weighted by molar-refractivity contribution is -0.117. The van der Waals surface area contributed by atoms with Crippen LogP contribution in [0.5, 0.6) is 0 Å². The average molecular weight is 261 g/mol. The maximum absolute atomic E-state index is 10.7. The van der Waals surface area contributed by atoms with Crippen LogP contribution in [0.1, 0.15) is 31.1 Å². The Morgan fingerprint density at radius 2 is 2.23 bits per heavy atom. The molecule has 0 atom stereocenters. The fourth-order valence-electron chi connectivity index (χ4n) is 1.16. The van der Waals surface area contributed by atoms with Gasteiger partial charge in [0.1, 0.15) is 5.78 Å². The van der Waals surface area contributed by atoms with Crippen LogP contribution in [-0.2, 0) is 11.2 Å². The molecule has 13 heavy (non-hydrogen) atoms. The van der Waals surface area contributed by atoms with Gasteiger partial charge in [-0.15, -0.1) is 11.3 Å². The number of hydrogen-bond acceptors (Lipinski definition) is 2. The van der Waals surface area contributed by atoms with Gasteiger partial charge in [0.2, 0.25) is 0 Å². The van der Waals surface area contributed by atoms with E-state index in [2.05, 4.69) is 28.1 Å². The number of carbonyl (C=O) groups excluding carboxylic acids is 1. The quantitative estimate of drug-likeness (QED) is 0.736. The SMILES string of the molecule is CC(=O)CCCCc1ccc(Br)s1. The minimum Gasteiger partial charge on any atom is -0.300 e. The topological polar surface area (TPSA) is 17.1 Å². The number of carbonyl (C=O) groups is 1. The summed E-state index contributed by atoms with van der Waals surface area (Å²) in [6.45, 7) is 1.65. The van der Waals surface area contributed by atoms with Gasteiger partial charge in [0, 0.05) is 11.3 Å². The molecule has 3 heteroatoms. The minimum absolute atomic E-state index is 0.298. The zero-order valence-electron chi connectivity index (χ0n) is 7.68. The molecule has 0 saturated carbocycles. The van der Waals surface area contributed by atoms with Crippen LogP contribution in [0.25, 0.3) is 0 Å². The molecular weight excluding hydrogens is 248 g/mol. The van der Waals surface area contributed by atoms with Crippen molar-refractivity contribution in [2.75, 3.05) is 0 Å². The summed E-state index contributed by atoms with van der Waals surface area (Å²) in [7, 11) is 0. The molecular formula is C10H13BrOS. The average Bonchev–Trinajstić information content (AvgIpc) is 2.45. The number of halogens is 1. The first kappa shape index (κ1) is 10.9. The maximum atomic E-state index is 10.7. The normalized spacial score (nSPS) is 10.3. The van der Waals surface area contributed by atoms with E-state index in [1.807, 2.05) is 0 Å². The van der Waals surface area contributed by atoms with E-state index in [4.69, 9.17) is 0 Å². The van der Waals surface area contributed by atoms with Gasteiger partial charge in [0.25, 0.3) is 0 Å². The van der Waals surface area contributed by atoms with Crippen molar-refractivity contribution in [3.8, 4) is 0 Å². The van der Waals surface area contributed by atoms with E-state index >= 15 is 0 Å². The first-order valence-electron chi connectivity index (χ1n) is 4.42. The Hall–Kier alpha value is -0.150. The predicted molar refractivity (Wildman–Crippen MR) is 60.3 cm³/mol. The van der Waals surface area contributed by atoms with E-state index in [-0.39, 0.29) is 0 Å². The maximum Gasteiger partial charge on any atom is 0.129 e. The first-order chi connectivity index (χ1) is 6.18. The molecule has 1 heterocycles. The second kappa shape index (κ2) is 5.55. The number of thiophene rings is 1. The summed E-state index contributed by atoms with van der Waals surface area (Å²) in [6.07, 6.45) is 3.97. The Bertz CT molecular complexity index is 280. The van der Waals surface area contributed by atoms with Crippen molar-refractivity contribution >= 4 is 33.0 Å². The lowest BCUT2D eigenvalue weighted by Gasteiger charge is -1.95. The number of Topliss-reactive ketones (excluding diaryl/α,β-unsaturated/α-hetero) is 1. The summed E-state index contributed by atoms with van der Waals surface area (Å²) in [4.78, 5) is 12.1. The molecule has 0 unspecified atom stereocenters. The molecule has 72 valence electrons. The molecule has 0 aliphatic heterocycles. The van der Waals surface area contributed by atoms with Crippen LogP contribution in [0.2, 0.25) is 0 Å². The Balaban J connectivity index is 2.16. The molecule has 0 spiro atoms. The molecule has 0 aliphatic rings. The first-order valence-corrected chi connectivity index (χ1v) is 6.03. The van der Waals surface area contributed by atoms with Gasteiger partial charge in [-0.25, -0.2) is 0 Å². The molecule has 0 N–H and O–H groups in total. The smallest absolute Gasteiger partial charge is 0.129 e. The lowest BCUT2D eigenvalue weighted by Crippen LogP contribution is -1.90. The highest BCUT2D eigenvalue weighted by molar-refractivity contribution is 9.11. The summed E-state index contributed by atoms with van der Waals surface area (Å²) in [5.41, 5.74) is 0. The summed E-state index contributed by atoms with van der Waals surface area (Å²) in [6, 6.07) is 4.22.